The molecule has 8 atom stereocenters. The van der Waals surface area contributed by atoms with Gasteiger partial charge in [-0.2, -0.15) is 0 Å². The molecule has 4 saturated carbocycles. The molecule has 5 aliphatic carbocycles. The van der Waals surface area contributed by atoms with Gasteiger partial charge in [-0.15, -0.1) is 0 Å². The quantitative estimate of drug-likeness (QED) is 0.400. The van der Waals surface area contributed by atoms with Crippen molar-refractivity contribution in [3.63, 3.8) is 0 Å². The maximum Gasteiger partial charge on any atom is 0.138 e. The summed E-state index contributed by atoms with van der Waals surface area (Å²) in [5.74, 6) is 2.23. The Morgan fingerprint density at radius 2 is 1.50 bits per heavy atom. The van der Waals surface area contributed by atoms with Crippen LogP contribution in [0.15, 0.2) is 11.6 Å². The Kier molecular flexibility index (Phi) is 4.71. The van der Waals surface area contributed by atoms with Gasteiger partial charge in [-0.1, -0.05) is 67.0 Å². The lowest BCUT2D eigenvalue weighted by molar-refractivity contribution is -0.223. The maximum absolute atomic E-state index is 12.9. The number of allylic oxidation sites excluding steroid dienone is 1. The fourth-order valence-electron chi connectivity index (χ4n) is 10.5. The third kappa shape index (κ3) is 2.65. The molecule has 0 heterocycles. The summed E-state index contributed by atoms with van der Waals surface area (Å²) in [6, 6.07) is 0. The summed E-state index contributed by atoms with van der Waals surface area (Å²) in [7, 11) is 0. The minimum Gasteiger partial charge on any atom is -0.392 e. The summed E-state index contributed by atoms with van der Waals surface area (Å²) in [6.45, 7) is 19.3. The molecule has 0 spiro atoms. The van der Waals surface area contributed by atoms with Crippen LogP contribution in [0.1, 0.15) is 113 Å². The normalized spacial score (nSPS) is 53.9. The van der Waals surface area contributed by atoms with Crippen LogP contribution < -0.4 is 0 Å². The zero-order valence-corrected chi connectivity index (χ0v) is 22.1. The van der Waals surface area contributed by atoms with Gasteiger partial charge in [0, 0.05) is 17.3 Å². The molecule has 0 amide bonds. The van der Waals surface area contributed by atoms with Crippen LogP contribution in [0.5, 0.6) is 0 Å². The Bertz CT molecular complexity index is 866. The van der Waals surface area contributed by atoms with E-state index in [2.05, 4.69) is 61.5 Å². The van der Waals surface area contributed by atoms with Crippen molar-refractivity contribution < 1.29 is 9.90 Å². The van der Waals surface area contributed by atoms with Crippen molar-refractivity contribution in [3.05, 3.63) is 11.6 Å². The average molecular weight is 441 g/mol. The highest BCUT2D eigenvalue weighted by molar-refractivity contribution is 5.85. The first-order chi connectivity index (χ1) is 14.6. The molecule has 2 heteroatoms. The fourth-order valence-corrected chi connectivity index (χ4v) is 10.5. The molecular weight excluding hydrogens is 392 g/mol. The molecule has 32 heavy (non-hydrogen) atoms. The van der Waals surface area contributed by atoms with Crippen LogP contribution in [0.4, 0.5) is 0 Å². The number of rotatable bonds is 0. The minimum absolute atomic E-state index is 0.0384. The van der Waals surface area contributed by atoms with E-state index >= 15 is 0 Å². The smallest absolute Gasteiger partial charge is 0.138 e. The van der Waals surface area contributed by atoms with E-state index < -0.39 is 0 Å². The number of Topliss-reactive ketones (excluding diaryl/α,β-unsaturated/α-hetero) is 1. The van der Waals surface area contributed by atoms with Gasteiger partial charge in [0.1, 0.15) is 5.78 Å². The molecule has 4 fully saturated rings. The van der Waals surface area contributed by atoms with E-state index in [0.29, 0.717) is 23.5 Å². The second kappa shape index (κ2) is 6.52. The minimum atomic E-state index is -0.239. The molecule has 1 N–H and O–H groups in total. The van der Waals surface area contributed by atoms with Crippen LogP contribution in [0, 0.1) is 50.2 Å². The van der Waals surface area contributed by atoms with Crippen molar-refractivity contribution in [2.45, 2.75) is 119 Å². The molecule has 8 unspecified atom stereocenters. The zero-order valence-electron chi connectivity index (χ0n) is 22.1. The van der Waals surface area contributed by atoms with Crippen LogP contribution in [0.3, 0.4) is 0 Å². The van der Waals surface area contributed by atoms with E-state index in [1.54, 1.807) is 5.57 Å². The van der Waals surface area contributed by atoms with E-state index in [4.69, 9.17) is 0 Å². The average Bonchev–Trinajstić information content (AvgIpc) is 2.68. The van der Waals surface area contributed by atoms with Crippen LogP contribution in [0.25, 0.3) is 0 Å². The summed E-state index contributed by atoms with van der Waals surface area (Å²) < 4.78 is 0. The monoisotopic (exact) mass is 440 g/mol. The van der Waals surface area contributed by atoms with Gasteiger partial charge in [0.15, 0.2) is 0 Å². The van der Waals surface area contributed by atoms with E-state index in [9.17, 15) is 9.90 Å². The first kappa shape index (κ1) is 23.1. The number of hydrogen-bond acceptors (Lipinski definition) is 2. The molecule has 2 nitrogen and oxygen atoms in total. The van der Waals surface area contributed by atoms with Crippen molar-refractivity contribution in [3.8, 4) is 0 Å². The predicted molar refractivity (Wildman–Crippen MR) is 131 cm³/mol. The van der Waals surface area contributed by atoms with Crippen LogP contribution >= 0.6 is 0 Å². The molecule has 180 valence electrons. The van der Waals surface area contributed by atoms with Crippen LogP contribution in [0.2, 0.25) is 0 Å². The summed E-state index contributed by atoms with van der Waals surface area (Å²) in [5, 5.41) is 11.7. The van der Waals surface area contributed by atoms with Crippen molar-refractivity contribution in [1.29, 1.82) is 0 Å². The molecule has 0 bridgehead atoms. The molecule has 0 aliphatic heterocycles. The molecule has 0 aromatic rings. The Morgan fingerprint density at radius 1 is 0.812 bits per heavy atom. The van der Waals surface area contributed by atoms with Gasteiger partial charge >= 0.3 is 0 Å². The lowest BCUT2D eigenvalue weighted by atomic mass is 9.32. The summed E-state index contributed by atoms with van der Waals surface area (Å²) in [4.78, 5) is 12.9. The number of ketones is 1. The number of aliphatic hydroxyl groups excluding tert-OH is 1. The maximum atomic E-state index is 12.9. The standard InChI is InChI=1S/C30H48O2/c1-25(2)15-16-27(5)20(17-25)19-9-10-22-28(6)13-12-23(31)26(3,4)21(28)11-14-29(22,7)30(19,8)18-24(27)32/h17,19,21-22,24,32H,9-16,18H2,1-8H3. The molecule has 0 saturated heterocycles. The highest BCUT2D eigenvalue weighted by Gasteiger charge is 2.69. The van der Waals surface area contributed by atoms with E-state index in [1.807, 2.05) is 0 Å². The zero-order chi connectivity index (χ0) is 23.5. The summed E-state index contributed by atoms with van der Waals surface area (Å²) in [5.41, 5.74) is 2.21. The fraction of sp³-hybridized carbons (Fsp3) is 0.900. The Hall–Kier alpha value is -0.630. The van der Waals surface area contributed by atoms with E-state index in [-0.39, 0.29) is 38.6 Å². The molecule has 0 radical (unpaired) electrons. The topological polar surface area (TPSA) is 37.3 Å². The molecule has 0 aromatic heterocycles. The summed E-state index contributed by atoms with van der Waals surface area (Å²) in [6.07, 6.45) is 12.4. The third-order valence-electron chi connectivity index (χ3n) is 12.8. The first-order valence-electron chi connectivity index (χ1n) is 13.6. The Balaban J connectivity index is 1.60. The number of aliphatic hydroxyl groups is 1. The second-order valence-electron chi connectivity index (χ2n) is 15.0. The van der Waals surface area contributed by atoms with Crippen molar-refractivity contribution in [1.82, 2.24) is 0 Å². The lowest BCUT2D eigenvalue weighted by Gasteiger charge is -2.72. The first-order valence-corrected chi connectivity index (χ1v) is 13.6. The Labute approximate surface area is 197 Å². The summed E-state index contributed by atoms with van der Waals surface area (Å²) >= 11 is 0. The number of fused-ring (bicyclic) bond motifs is 7. The van der Waals surface area contributed by atoms with E-state index in [1.165, 1.54) is 32.1 Å². The second-order valence-corrected chi connectivity index (χ2v) is 15.0. The van der Waals surface area contributed by atoms with Gasteiger partial charge in [0.25, 0.3) is 0 Å². The number of hydrogen-bond donors (Lipinski definition) is 1. The molecule has 5 aliphatic rings. The van der Waals surface area contributed by atoms with Crippen molar-refractivity contribution in [2.24, 2.45) is 50.2 Å². The Morgan fingerprint density at radius 3 is 2.19 bits per heavy atom. The molecular formula is C30H48O2. The SMILES string of the molecule is CC1(C)C=C2C3CCC4C5(C)CCC(=O)C(C)(C)C5CCC4(C)C3(C)CC(O)C2(C)CC1. The van der Waals surface area contributed by atoms with Gasteiger partial charge in [-0.3, -0.25) is 4.79 Å². The van der Waals surface area contributed by atoms with Gasteiger partial charge < -0.3 is 5.11 Å². The molecule has 5 rings (SSSR count). The largest absolute Gasteiger partial charge is 0.392 e. The van der Waals surface area contributed by atoms with Crippen molar-refractivity contribution >= 4 is 5.78 Å². The predicted octanol–water partition coefficient (Wildman–Crippen LogP) is 7.35. The van der Waals surface area contributed by atoms with Crippen LogP contribution in [-0.4, -0.2) is 17.0 Å². The third-order valence-corrected chi connectivity index (χ3v) is 12.8. The lowest BCUT2D eigenvalue weighted by Crippen LogP contribution is -2.67. The van der Waals surface area contributed by atoms with Gasteiger partial charge in [-0.25, -0.2) is 0 Å². The highest BCUT2D eigenvalue weighted by Crippen LogP contribution is 2.76. The van der Waals surface area contributed by atoms with Gasteiger partial charge in [-0.05, 0) is 90.8 Å². The van der Waals surface area contributed by atoms with Gasteiger partial charge in [0.2, 0.25) is 0 Å². The van der Waals surface area contributed by atoms with Crippen LogP contribution in [-0.2, 0) is 4.79 Å². The highest BCUT2D eigenvalue weighted by atomic mass is 16.3. The van der Waals surface area contributed by atoms with Gasteiger partial charge in [0.05, 0.1) is 6.10 Å². The number of carbonyl (C=O) groups excluding carboxylic acids is 1. The molecule has 0 aromatic carbocycles. The van der Waals surface area contributed by atoms with Crippen molar-refractivity contribution in [2.75, 3.05) is 0 Å². The van der Waals surface area contributed by atoms with E-state index in [0.717, 1.165) is 25.7 Å². The number of carbonyl (C=O) groups is 1.